The summed E-state index contributed by atoms with van der Waals surface area (Å²) in [5.41, 5.74) is 8.32. The largest absolute Gasteiger partial charge is 0.490 e. The third-order valence-corrected chi connectivity index (χ3v) is 6.78. The summed E-state index contributed by atoms with van der Waals surface area (Å²) in [5, 5.41) is 12.4. The molecule has 1 heterocycles. The van der Waals surface area contributed by atoms with Gasteiger partial charge in [0.1, 0.15) is 23.1 Å². The van der Waals surface area contributed by atoms with Gasteiger partial charge in [0.2, 0.25) is 5.88 Å². The summed E-state index contributed by atoms with van der Waals surface area (Å²) in [6.07, 6.45) is 0.785. The van der Waals surface area contributed by atoms with Crippen LogP contribution >= 0.6 is 23.2 Å². The molecule has 190 valence electrons. The van der Waals surface area contributed by atoms with Gasteiger partial charge in [-0.05, 0) is 41.0 Å². The third kappa shape index (κ3) is 4.74. The Morgan fingerprint density at radius 2 is 1.76 bits per heavy atom. The second-order valence-corrected chi connectivity index (χ2v) is 9.51. The summed E-state index contributed by atoms with van der Waals surface area (Å²) in [5.74, 6) is -0.154. The molecule has 0 aromatic heterocycles. The molecule has 5 rings (SSSR count). The molecule has 0 fully saturated rings. The predicted octanol–water partition coefficient (Wildman–Crippen LogP) is 7.37. The second kappa shape index (κ2) is 10.7. The summed E-state index contributed by atoms with van der Waals surface area (Å²) in [6, 6.07) is 24.0. The number of rotatable bonds is 6. The average Bonchev–Trinajstić information content (AvgIpc) is 2.91. The molecule has 0 bridgehead atoms. The smallest absolute Gasteiger partial charge is 0.343 e. The molecule has 4 aromatic carbocycles. The number of nitrogens with two attached hydrogens (primary N) is 1. The molecule has 6 nitrogen and oxygen atoms in total. The highest BCUT2D eigenvalue weighted by Gasteiger charge is 2.32. The van der Waals surface area contributed by atoms with Crippen molar-refractivity contribution < 1.29 is 19.0 Å². The summed E-state index contributed by atoms with van der Waals surface area (Å²) >= 11 is 12.6. The molecule has 1 aliphatic heterocycles. The highest BCUT2D eigenvalue weighted by atomic mass is 35.5. The molecule has 4 aromatic rings. The number of fused-ring (bicyclic) bond motifs is 2. The number of carbonyl (C=O) groups excluding carboxylic acids is 1. The van der Waals surface area contributed by atoms with Crippen molar-refractivity contribution in [1.82, 2.24) is 0 Å². The fourth-order valence-corrected chi connectivity index (χ4v) is 5.10. The van der Waals surface area contributed by atoms with Crippen molar-refractivity contribution >= 4 is 39.9 Å². The molecule has 0 spiro atoms. The lowest BCUT2D eigenvalue weighted by atomic mass is 9.81. The maximum atomic E-state index is 12.9. The fourth-order valence-electron chi connectivity index (χ4n) is 4.51. The van der Waals surface area contributed by atoms with Crippen LogP contribution in [0.1, 0.15) is 40.7 Å². The van der Waals surface area contributed by atoms with Crippen LogP contribution in [0.15, 0.2) is 84.3 Å². The highest BCUT2D eigenvalue weighted by Crippen LogP contribution is 2.45. The van der Waals surface area contributed by atoms with Crippen LogP contribution in [0.4, 0.5) is 0 Å². The van der Waals surface area contributed by atoms with E-state index in [0.29, 0.717) is 23.7 Å². The Morgan fingerprint density at radius 3 is 2.50 bits per heavy atom. The molecular weight excluding hydrogens is 523 g/mol. The minimum Gasteiger partial charge on any atom is -0.490 e. The summed E-state index contributed by atoms with van der Waals surface area (Å²) in [6.45, 7) is 2.41. The van der Waals surface area contributed by atoms with E-state index in [-0.39, 0.29) is 27.2 Å². The van der Waals surface area contributed by atoms with E-state index in [1.807, 2.05) is 49.4 Å². The zero-order chi connectivity index (χ0) is 26.8. The molecule has 0 amide bonds. The van der Waals surface area contributed by atoms with Crippen LogP contribution in [0.5, 0.6) is 17.2 Å². The topological polar surface area (TPSA) is 94.6 Å². The minimum atomic E-state index is -0.654. The summed E-state index contributed by atoms with van der Waals surface area (Å²) in [4.78, 5) is 12.9. The van der Waals surface area contributed by atoms with Gasteiger partial charge in [0, 0.05) is 11.6 Å². The monoisotopic (exact) mass is 544 g/mol. The van der Waals surface area contributed by atoms with E-state index in [9.17, 15) is 10.1 Å². The molecule has 0 aliphatic carbocycles. The van der Waals surface area contributed by atoms with E-state index < -0.39 is 11.9 Å². The van der Waals surface area contributed by atoms with Crippen LogP contribution < -0.4 is 19.9 Å². The lowest BCUT2D eigenvalue weighted by Crippen LogP contribution is -2.21. The van der Waals surface area contributed by atoms with E-state index in [1.165, 1.54) is 12.1 Å². The van der Waals surface area contributed by atoms with Crippen molar-refractivity contribution in [1.29, 1.82) is 5.26 Å². The first kappa shape index (κ1) is 25.5. The van der Waals surface area contributed by atoms with Crippen LogP contribution in [-0.4, -0.2) is 12.6 Å². The predicted molar refractivity (Wildman–Crippen MR) is 147 cm³/mol. The van der Waals surface area contributed by atoms with E-state index >= 15 is 0 Å². The Hall–Kier alpha value is -4.18. The standard InChI is InChI=1S/C30H22Cl2N2O4/c1-2-12-36-28-24(31)13-18(14-25(28)32)30(35)37-19-10-11-22-26(15-19)38-29(34)23(16-33)27(22)21-9-5-7-17-6-3-4-8-20(17)21/h3-11,13-15,27H,2,12,34H2,1H3. The minimum absolute atomic E-state index is 0.00245. The highest BCUT2D eigenvalue weighted by molar-refractivity contribution is 6.37. The Morgan fingerprint density at radius 1 is 1.03 bits per heavy atom. The summed E-state index contributed by atoms with van der Waals surface area (Å²) < 4.78 is 17.0. The van der Waals surface area contributed by atoms with Gasteiger partial charge in [-0.3, -0.25) is 0 Å². The molecule has 8 heteroatoms. The number of benzene rings is 4. The van der Waals surface area contributed by atoms with Crippen LogP contribution in [0, 0.1) is 11.3 Å². The molecule has 1 aliphatic rings. The van der Waals surface area contributed by atoms with Gasteiger partial charge in [-0.2, -0.15) is 5.26 Å². The van der Waals surface area contributed by atoms with Crippen LogP contribution in [-0.2, 0) is 0 Å². The molecule has 0 radical (unpaired) electrons. The maximum Gasteiger partial charge on any atom is 0.343 e. The van der Waals surface area contributed by atoms with Crippen LogP contribution in [0.2, 0.25) is 10.0 Å². The molecular formula is C30H22Cl2N2O4. The van der Waals surface area contributed by atoms with Gasteiger partial charge in [-0.15, -0.1) is 0 Å². The van der Waals surface area contributed by atoms with Crippen molar-refractivity contribution in [2.24, 2.45) is 5.73 Å². The first-order valence-electron chi connectivity index (χ1n) is 11.9. The number of hydrogen-bond donors (Lipinski definition) is 1. The number of halogens is 2. The van der Waals surface area contributed by atoms with Crippen molar-refractivity contribution in [3.8, 4) is 23.3 Å². The molecule has 2 N–H and O–H groups in total. The van der Waals surface area contributed by atoms with Gasteiger partial charge in [0.05, 0.1) is 28.1 Å². The Bertz CT molecular complexity index is 1610. The number of nitriles is 1. The van der Waals surface area contributed by atoms with Crippen LogP contribution in [0.25, 0.3) is 10.8 Å². The third-order valence-electron chi connectivity index (χ3n) is 6.22. The van der Waals surface area contributed by atoms with Crippen molar-refractivity contribution in [2.75, 3.05) is 6.61 Å². The number of ether oxygens (including phenoxy) is 3. The number of nitrogens with zero attached hydrogens (tertiary/aromatic N) is 1. The van der Waals surface area contributed by atoms with Gasteiger partial charge in [0.15, 0.2) is 5.75 Å². The first-order chi connectivity index (χ1) is 18.4. The first-order valence-corrected chi connectivity index (χ1v) is 12.7. The Balaban J connectivity index is 1.48. The number of allylic oxidation sites excluding steroid dienone is 1. The number of carbonyl (C=O) groups is 1. The Kier molecular flexibility index (Phi) is 7.15. The number of hydrogen-bond acceptors (Lipinski definition) is 6. The molecule has 1 atom stereocenters. The van der Waals surface area contributed by atoms with Crippen molar-refractivity contribution in [3.05, 3.63) is 111 Å². The molecule has 1 unspecified atom stereocenters. The molecule has 0 saturated carbocycles. The van der Waals surface area contributed by atoms with Gasteiger partial charge in [0.25, 0.3) is 0 Å². The molecule has 0 saturated heterocycles. The fraction of sp³-hybridized carbons (Fsp3) is 0.133. The van der Waals surface area contributed by atoms with Crippen LogP contribution in [0.3, 0.4) is 0 Å². The normalized spacial score (nSPS) is 14.4. The van der Waals surface area contributed by atoms with Gasteiger partial charge < -0.3 is 19.9 Å². The lowest BCUT2D eigenvalue weighted by Gasteiger charge is -2.27. The van der Waals surface area contributed by atoms with Crippen molar-refractivity contribution in [3.63, 3.8) is 0 Å². The van der Waals surface area contributed by atoms with E-state index in [0.717, 1.165) is 28.3 Å². The second-order valence-electron chi connectivity index (χ2n) is 8.70. The zero-order valence-electron chi connectivity index (χ0n) is 20.3. The van der Waals surface area contributed by atoms with Gasteiger partial charge in [-0.1, -0.05) is 78.7 Å². The van der Waals surface area contributed by atoms with E-state index in [4.69, 9.17) is 43.1 Å². The van der Waals surface area contributed by atoms with E-state index in [1.54, 1.807) is 18.2 Å². The SMILES string of the molecule is CCCOc1c(Cl)cc(C(=O)Oc2ccc3c(c2)OC(N)=C(C#N)C3c2cccc3ccccc23)cc1Cl. The number of esters is 1. The Labute approximate surface area is 229 Å². The lowest BCUT2D eigenvalue weighted by molar-refractivity contribution is 0.0734. The average molecular weight is 545 g/mol. The van der Waals surface area contributed by atoms with Crippen molar-refractivity contribution in [2.45, 2.75) is 19.3 Å². The quantitative estimate of drug-likeness (QED) is 0.201. The van der Waals surface area contributed by atoms with E-state index in [2.05, 4.69) is 6.07 Å². The zero-order valence-corrected chi connectivity index (χ0v) is 21.8. The van der Waals surface area contributed by atoms with Gasteiger partial charge in [-0.25, -0.2) is 4.79 Å². The molecule has 38 heavy (non-hydrogen) atoms. The van der Waals surface area contributed by atoms with Gasteiger partial charge >= 0.3 is 5.97 Å². The maximum absolute atomic E-state index is 12.9. The summed E-state index contributed by atoms with van der Waals surface area (Å²) in [7, 11) is 0.